The highest BCUT2D eigenvalue weighted by atomic mass is 15.2. The van der Waals surface area contributed by atoms with E-state index in [9.17, 15) is 0 Å². The summed E-state index contributed by atoms with van der Waals surface area (Å²) in [6, 6.07) is 8.40. The van der Waals surface area contributed by atoms with Crippen molar-refractivity contribution in [1.29, 1.82) is 0 Å². The molecule has 0 bridgehead atoms. The summed E-state index contributed by atoms with van der Waals surface area (Å²) in [5.41, 5.74) is 3.70. The molecule has 2 aromatic rings. The molecule has 0 unspecified atom stereocenters. The van der Waals surface area contributed by atoms with E-state index in [2.05, 4.69) is 66.2 Å². The summed E-state index contributed by atoms with van der Waals surface area (Å²) in [6.07, 6.45) is 4.98. The summed E-state index contributed by atoms with van der Waals surface area (Å²) in [5.74, 6) is 1.80. The summed E-state index contributed by atoms with van der Waals surface area (Å²) in [4.78, 5) is 10.9. The van der Waals surface area contributed by atoms with Crippen LogP contribution in [0.4, 0.5) is 17.3 Å². The molecule has 1 aromatic heterocycles. The summed E-state index contributed by atoms with van der Waals surface area (Å²) < 4.78 is 0. The number of aryl methyl sites for hydroxylation is 2. The zero-order valence-electron chi connectivity index (χ0n) is 14.1. The lowest BCUT2D eigenvalue weighted by molar-refractivity contribution is 0.758. The molecule has 0 spiro atoms. The molecule has 0 radical (unpaired) electrons. The number of unbranched alkanes of at least 4 members (excludes halogenated alkanes) is 1. The van der Waals surface area contributed by atoms with Crippen LogP contribution in [-0.4, -0.2) is 23.6 Å². The predicted octanol–water partition coefficient (Wildman–Crippen LogP) is 4.33. The van der Waals surface area contributed by atoms with Crippen LogP contribution < -0.4 is 10.2 Å². The third-order valence-electron chi connectivity index (χ3n) is 3.88. The van der Waals surface area contributed by atoms with Gasteiger partial charge in [-0.05, 0) is 30.9 Å². The molecule has 4 heteroatoms. The molecular formula is C18H26N4. The number of aromatic nitrogens is 2. The van der Waals surface area contributed by atoms with Crippen molar-refractivity contribution < 1.29 is 0 Å². The highest BCUT2D eigenvalue weighted by Gasteiger charge is 2.08. The van der Waals surface area contributed by atoms with Crippen molar-refractivity contribution >= 4 is 17.3 Å². The zero-order valence-corrected chi connectivity index (χ0v) is 14.1. The van der Waals surface area contributed by atoms with Gasteiger partial charge in [0.2, 0.25) is 0 Å². The fraction of sp³-hybridized carbons (Fsp3) is 0.444. The maximum Gasteiger partial charge on any atom is 0.135 e. The van der Waals surface area contributed by atoms with Gasteiger partial charge < -0.3 is 10.2 Å². The number of nitrogens with one attached hydrogen (secondary N) is 1. The monoisotopic (exact) mass is 298 g/mol. The van der Waals surface area contributed by atoms with Crippen LogP contribution in [0.5, 0.6) is 0 Å². The molecule has 1 heterocycles. The van der Waals surface area contributed by atoms with Gasteiger partial charge in [-0.3, -0.25) is 0 Å². The Morgan fingerprint density at radius 2 is 2.00 bits per heavy atom. The summed E-state index contributed by atoms with van der Waals surface area (Å²) in [5, 5.41) is 3.47. The van der Waals surface area contributed by atoms with Gasteiger partial charge in [0.25, 0.3) is 0 Å². The summed E-state index contributed by atoms with van der Waals surface area (Å²) >= 11 is 0. The van der Waals surface area contributed by atoms with Gasteiger partial charge in [0.15, 0.2) is 0 Å². The third-order valence-corrected chi connectivity index (χ3v) is 3.88. The van der Waals surface area contributed by atoms with Gasteiger partial charge in [-0.25, -0.2) is 9.97 Å². The fourth-order valence-electron chi connectivity index (χ4n) is 2.46. The van der Waals surface area contributed by atoms with Crippen LogP contribution in [0.15, 0.2) is 30.6 Å². The maximum absolute atomic E-state index is 4.37. The smallest absolute Gasteiger partial charge is 0.135 e. The lowest BCUT2D eigenvalue weighted by Crippen LogP contribution is -2.19. The molecule has 0 aliphatic carbocycles. The Bertz CT molecular complexity index is 610. The standard InChI is InChI=1S/C18H26N4/c1-5-7-11-22(4)17-12-16(19-13-20-17)21-18-14(3)9-8-10-15(18)6-2/h8-10,12-13H,5-7,11H2,1-4H3,(H,19,20,21). The molecule has 0 aliphatic rings. The molecule has 0 atom stereocenters. The number of hydrogen-bond acceptors (Lipinski definition) is 4. The molecular weight excluding hydrogens is 272 g/mol. The van der Waals surface area contributed by atoms with Crippen molar-refractivity contribution in [2.75, 3.05) is 23.8 Å². The van der Waals surface area contributed by atoms with E-state index in [1.165, 1.54) is 24.0 Å². The first-order chi connectivity index (χ1) is 10.7. The van der Waals surface area contributed by atoms with Crippen LogP contribution in [-0.2, 0) is 6.42 Å². The van der Waals surface area contributed by atoms with Gasteiger partial charge in [-0.1, -0.05) is 38.5 Å². The van der Waals surface area contributed by atoms with Crippen molar-refractivity contribution in [2.45, 2.75) is 40.0 Å². The Hall–Kier alpha value is -2.10. The van der Waals surface area contributed by atoms with Crippen LogP contribution >= 0.6 is 0 Å². The molecule has 22 heavy (non-hydrogen) atoms. The van der Waals surface area contributed by atoms with Gasteiger partial charge in [0.05, 0.1) is 0 Å². The minimum Gasteiger partial charge on any atom is -0.360 e. The van der Waals surface area contributed by atoms with E-state index in [0.717, 1.165) is 30.3 Å². The minimum absolute atomic E-state index is 0.845. The number of nitrogens with zero attached hydrogens (tertiary/aromatic N) is 3. The minimum atomic E-state index is 0.845. The average Bonchev–Trinajstić information content (AvgIpc) is 2.54. The third kappa shape index (κ3) is 3.97. The summed E-state index contributed by atoms with van der Waals surface area (Å²) in [6.45, 7) is 7.50. The first-order valence-electron chi connectivity index (χ1n) is 8.04. The lowest BCUT2D eigenvalue weighted by Gasteiger charge is -2.19. The summed E-state index contributed by atoms with van der Waals surface area (Å²) in [7, 11) is 2.08. The van der Waals surface area contributed by atoms with Crippen LogP contribution in [0.3, 0.4) is 0 Å². The number of benzene rings is 1. The van der Waals surface area contributed by atoms with E-state index in [-0.39, 0.29) is 0 Å². The Labute approximate surface area is 133 Å². The van der Waals surface area contributed by atoms with Crippen molar-refractivity contribution in [1.82, 2.24) is 9.97 Å². The van der Waals surface area contributed by atoms with Crippen molar-refractivity contribution in [3.8, 4) is 0 Å². The first-order valence-corrected chi connectivity index (χ1v) is 8.04. The predicted molar refractivity (Wildman–Crippen MR) is 94.0 cm³/mol. The Morgan fingerprint density at radius 1 is 1.18 bits per heavy atom. The van der Waals surface area contributed by atoms with Crippen LogP contribution in [0.1, 0.15) is 37.8 Å². The molecule has 0 amide bonds. The molecule has 118 valence electrons. The number of hydrogen-bond donors (Lipinski definition) is 1. The van der Waals surface area contributed by atoms with E-state index in [1.807, 2.05) is 6.07 Å². The van der Waals surface area contributed by atoms with Gasteiger partial charge in [-0.2, -0.15) is 0 Å². The Morgan fingerprint density at radius 3 is 2.73 bits per heavy atom. The second-order valence-corrected chi connectivity index (χ2v) is 5.62. The Kier molecular flexibility index (Phi) is 5.75. The van der Waals surface area contributed by atoms with E-state index in [0.29, 0.717) is 0 Å². The maximum atomic E-state index is 4.37. The topological polar surface area (TPSA) is 41.0 Å². The van der Waals surface area contributed by atoms with E-state index in [1.54, 1.807) is 6.33 Å². The average molecular weight is 298 g/mol. The zero-order chi connectivity index (χ0) is 15.9. The quantitative estimate of drug-likeness (QED) is 0.826. The number of anilines is 3. The molecule has 1 aromatic carbocycles. The lowest BCUT2D eigenvalue weighted by atomic mass is 10.1. The molecule has 0 fully saturated rings. The first kappa shape index (κ1) is 16.3. The van der Waals surface area contributed by atoms with Crippen LogP contribution in [0.2, 0.25) is 0 Å². The van der Waals surface area contributed by atoms with E-state index >= 15 is 0 Å². The van der Waals surface area contributed by atoms with E-state index in [4.69, 9.17) is 0 Å². The molecule has 0 aliphatic heterocycles. The van der Waals surface area contributed by atoms with Gasteiger partial charge in [-0.15, -0.1) is 0 Å². The van der Waals surface area contributed by atoms with Gasteiger partial charge in [0, 0.05) is 25.3 Å². The van der Waals surface area contributed by atoms with Crippen molar-refractivity contribution in [2.24, 2.45) is 0 Å². The fourth-order valence-corrected chi connectivity index (χ4v) is 2.46. The highest BCUT2D eigenvalue weighted by molar-refractivity contribution is 5.66. The normalized spacial score (nSPS) is 10.5. The molecule has 0 saturated carbocycles. The second-order valence-electron chi connectivity index (χ2n) is 5.62. The number of para-hydroxylation sites is 1. The van der Waals surface area contributed by atoms with Crippen molar-refractivity contribution in [3.05, 3.63) is 41.7 Å². The Balaban J connectivity index is 2.21. The SMILES string of the molecule is CCCCN(C)c1cc(Nc2c(C)cccc2CC)ncn1. The van der Waals surface area contributed by atoms with Crippen LogP contribution in [0.25, 0.3) is 0 Å². The number of rotatable bonds is 7. The molecule has 1 N–H and O–H groups in total. The molecule has 0 saturated heterocycles. The molecule has 4 nitrogen and oxygen atoms in total. The van der Waals surface area contributed by atoms with Crippen molar-refractivity contribution in [3.63, 3.8) is 0 Å². The molecule has 2 rings (SSSR count). The van der Waals surface area contributed by atoms with Gasteiger partial charge in [0.1, 0.15) is 18.0 Å². The van der Waals surface area contributed by atoms with E-state index < -0.39 is 0 Å². The second kappa shape index (κ2) is 7.78. The largest absolute Gasteiger partial charge is 0.360 e. The highest BCUT2D eigenvalue weighted by Crippen LogP contribution is 2.25. The van der Waals surface area contributed by atoms with Gasteiger partial charge >= 0.3 is 0 Å². The van der Waals surface area contributed by atoms with Crippen LogP contribution in [0, 0.1) is 6.92 Å².